The van der Waals surface area contributed by atoms with Crippen LogP contribution in [0.1, 0.15) is 24.5 Å². The second kappa shape index (κ2) is 6.23. The predicted octanol–water partition coefficient (Wildman–Crippen LogP) is 2.56. The van der Waals surface area contributed by atoms with Gasteiger partial charge < -0.3 is 5.73 Å². The highest BCUT2D eigenvalue weighted by Gasteiger charge is 2.25. The standard InChI is InChI=1S/C18H26N4/c1-13-4-5-16(12-22-9-7-15(11-22)14(2)19)17(10-13)18-6-8-20-21(18)3/h4-6,8,10,14-15H,7,9,11-12,19H2,1-3H3. The topological polar surface area (TPSA) is 47.1 Å². The molecular weight excluding hydrogens is 272 g/mol. The number of aryl methyl sites for hydroxylation is 2. The summed E-state index contributed by atoms with van der Waals surface area (Å²) in [4.78, 5) is 2.53. The second-order valence-electron chi connectivity index (χ2n) is 6.64. The van der Waals surface area contributed by atoms with Crippen molar-refractivity contribution in [2.45, 2.75) is 32.9 Å². The van der Waals surface area contributed by atoms with Gasteiger partial charge in [0.15, 0.2) is 0 Å². The van der Waals surface area contributed by atoms with Crippen molar-refractivity contribution < 1.29 is 0 Å². The van der Waals surface area contributed by atoms with Crippen molar-refractivity contribution in [3.63, 3.8) is 0 Å². The van der Waals surface area contributed by atoms with Crippen LogP contribution in [0.3, 0.4) is 0 Å². The molecule has 2 unspecified atom stereocenters. The Morgan fingerprint density at radius 2 is 2.18 bits per heavy atom. The number of hydrogen-bond donors (Lipinski definition) is 1. The van der Waals surface area contributed by atoms with Crippen LogP contribution in [0.2, 0.25) is 0 Å². The molecule has 1 aromatic carbocycles. The molecule has 0 saturated carbocycles. The van der Waals surface area contributed by atoms with Crippen LogP contribution in [-0.4, -0.2) is 33.8 Å². The third-order valence-corrected chi connectivity index (χ3v) is 4.81. The molecule has 4 heteroatoms. The normalized spacial score (nSPS) is 20.5. The smallest absolute Gasteiger partial charge is 0.0682 e. The minimum atomic E-state index is 0.291. The fraction of sp³-hybridized carbons (Fsp3) is 0.500. The zero-order valence-corrected chi connectivity index (χ0v) is 13.8. The Morgan fingerprint density at radius 3 is 2.82 bits per heavy atom. The summed E-state index contributed by atoms with van der Waals surface area (Å²) in [6.45, 7) is 7.51. The summed E-state index contributed by atoms with van der Waals surface area (Å²) in [5.74, 6) is 0.630. The van der Waals surface area contributed by atoms with Crippen LogP contribution in [0.15, 0.2) is 30.5 Å². The van der Waals surface area contributed by atoms with E-state index in [-0.39, 0.29) is 0 Å². The molecule has 4 nitrogen and oxygen atoms in total. The minimum absolute atomic E-state index is 0.291. The van der Waals surface area contributed by atoms with Gasteiger partial charge in [-0.1, -0.05) is 17.7 Å². The summed E-state index contributed by atoms with van der Waals surface area (Å²) in [6.07, 6.45) is 3.08. The highest BCUT2D eigenvalue weighted by Crippen LogP contribution is 2.28. The van der Waals surface area contributed by atoms with Gasteiger partial charge in [-0.15, -0.1) is 0 Å². The highest BCUT2D eigenvalue weighted by molar-refractivity contribution is 5.64. The Morgan fingerprint density at radius 1 is 1.36 bits per heavy atom. The van der Waals surface area contributed by atoms with Gasteiger partial charge in [-0.05, 0) is 50.4 Å². The SMILES string of the molecule is Cc1ccc(CN2CCC(C(C)N)C2)c(-c2ccnn2C)c1. The zero-order valence-electron chi connectivity index (χ0n) is 13.8. The fourth-order valence-electron chi connectivity index (χ4n) is 3.38. The van der Waals surface area contributed by atoms with Crippen molar-refractivity contribution in [3.8, 4) is 11.3 Å². The maximum atomic E-state index is 6.06. The summed E-state index contributed by atoms with van der Waals surface area (Å²) < 4.78 is 1.95. The van der Waals surface area contributed by atoms with Crippen LogP contribution in [0, 0.1) is 12.8 Å². The molecule has 1 saturated heterocycles. The summed E-state index contributed by atoms with van der Waals surface area (Å²) in [5, 5.41) is 4.32. The molecule has 1 aliphatic rings. The molecule has 22 heavy (non-hydrogen) atoms. The van der Waals surface area contributed by atoms with Crippen LogP contribution in [0.4, 0.5) is 0 Å². The van der Waals surface area contributed by atoms with E-state index in [0.717, 1.165) is 19.6 Å². The van der Waals surface area contributed by atoms with Gasteiger partial charge in [0.05, 0.1) is 5.69 Å². The molecule has 2 heterocycles. The van der Waals surface area contributed by atoms with E-state index in [9.17, 15) is 0 Å². The third kappa shape index (κ3) is 3.08. The van der Waals surface area contributed by atoms with Crippen molar-refractivity contribution in [2.24, 2.45) is 18.7 Å². The number of nitrogens with two attached hydrogens (primary N) is 1. The van der Waals surface area contributed by atoms with Gasteiger partial charge in [0.1, 0.15) is 0 Å². The van der Waals surface area contributed by atoms with Gasteiger partial charge in [-0.25, -0.2) is 0 Å². The summed E-state index contributed by atoms with van der Waals surface area (Å²) in [7, 11) is 2.00. The average Bonchev–Trinajstić information content (AvgIpc) is 3.10. The maximum Gasteiger partial charge on any atom is 0.0682 e. The summed E-state index contributed by atoms with van der Waals surface area (Å²) >= 11 is 0. The molecule has 0 aliphatic carbocycles. The first-order chi connectivity index (χ1) is 10.5. The Balaban J connectivity index is 1.84. The number of nitrogens with zero attached hydrogens (tertiary/aromatic N) is 3. The fourth-order valence-corrected chi connectivity index (χ4v) is 3.38. The monoisotopic (exact) mass is 298 g/mol. The minimum Gasteiger partial charge on any atom is -0.328 e. The van der Waals surface area contributed by atoms with Crippen molar-refractivity contribution in [1.29, 1.82) is 0 Å². The molecule has 1 fully saturated rings. The largest absolute Gasteiger partial charge is 0.328 e. The summed E-state index contributed by atoms with van der Waals surface area (Å²) in [5.41, 5.74) is 11.2. The highest BCUT2D eigenvalue weighted by atomic mass is 15.3. The van der Waals surface area contributed by atoms with Gasteiger partial charge in [0.2, 0.25) is 0 Å². The van der Waals surface area contributed by atoms with E-state index in [2.05, 4.69) is 48.1 Å². The van der Waals surface area contributed by atoms with Crippen molar-refractivity contribution in [3.05, 3.63) is 41.6 Å². The third-order valence-electron chi connectivity index (χ3n) is 4.81. The number of aromatic nitrogens is 2. The number of likely N-dealkylation sites (tertiary alicyclic amines) is 1. The van der Waals surface area contributed by atoms with Crippen molar-refractivity contribution in [2.75, 3.05) is 13.1 Å². The molecule has 3 rings (SSSR count). The van der Waals surface area contributed by atoms with Gasteiger partial charge in [0.25, 0.3) is 0 Å². The molecular formula is C18H26N4. The Labute approximate surface area is 132 Å². The molecule has 1 aliphatic heterocycles. The van der Waals surface area contributed by atoms with E-state index in [1.54, 1.807) is 0 Å². The first kappa shape index (κ1) is 15.3. The van der Waals surface area contributed by atoms with Gasteiger partial charge in [-0.2, -0.15) is 5.10 Å². The molecule has 0 spiro atoms. The van der Waals surface area contributed by atoms with Crippen LogP contribution < -0.4 is 5.73 Å². The number of hydrogen-bond acceptors (Lipinski definition) is 3. The molecule has 0 amide bonds. The lowest BCUT2D eigenvalue weighted by Crippen LogP contribution is -2.29. The lowest BCUT2D eigenvalue weighted by molar-refractivity contribution is 0.309. The van der Waals surface area contributed by atoms with Gasteiger partial charge in [0, 0.05) is 37.9 Å². The van der Waals surface area contributed by atoms with Crippen molar-refractivity contribution >= 4 is 0 Å². The van der Waals surface area contributed by atoms with Crippen LogP contribution in [-0.2, 0) is 13.6 Å². The van der Waals surface area contributed by atoms with E-state index in [0.29, 0.717) is 12.0 Å². The Kier molecular flexibility index (Phi) is 4.32. The Bertz CT molecular complexity index is 644. The predicted molar refractivity (Wildman–Crippen MR) is 90.4 cm³/mol. The molecule has 0 bridgehead atoms. The van der Waals surface area contributed by atoms with E-state index in [1.165, 1.54) is 28.8 Å². The van der Waals surface area contributed by atoms with Crippen LogP contribution in [0.5, 0.6) is 0 Å². The van der Waals surface area contributed by atoms with Crippen LogP contribution >= 0.6 is 0 Å². The van der Waals surface area contributed by atoms with E-state index < -0.39 is 0 Å². The van der Waals surface area contributed by atoms with E-state index >= 15 is 0 Å². The second-order valence-corrected chi connectivity index (χ2v) is 6.64. The van der Waals surface area contributed by atoms with Gasteiger partial charge in [-0.3, -0.25) is 9.58 Å². The van der Waals surface area contributed by atoms with Crippen molar-refractivity contribution in [1.82, 2.24) is 14.7 Å². The zero-order chi connectivity index (χ0) is 15.7. The van der Waals surface area contributed by atoms with E-state index in [1.807, 2.05) is 17.9 Å². The lowest BCUT2D eigenvalue weighted by atomic mass is 10.0. The number of rotatable bonds is 4. The molecule has 2 N–H and O–H groups in total. The first-order valence-electron chi connectivity index (χ1n) is 8.10. The average molecular weight is 298 g/mol. The maximum absolute atomic E-state index is 6.06. The molecule has 118 valence electrons. The first-order valence-corrected chi connectivity index (χ1v) is 8.10. The molecule has 1 aromatic heterocycles. The van der Waals surface area contributed by atoms with Gasteiger partial charge >= 0.3 is 0 Å². The summed E-state index contributed by atoms with van der Waals surface area (Å²) in [6, 6.07) is 9.11. The quantitative estimate of drug-likeness (QED) is 0.943. The lowest BCUT2D eigenvalue weighted by Gasteiger charge is -2.20. The van der Waals surface area contributed by atoms with Crippen LogP contribution in [0.25, 0.3) is 11.3 Å². The molecule has 2 aromatic rings. The Hall–Kier alpha value is -1.65. The van der Waals surface area contributed by atoms with E-state index in [4.69, 9.17) is 5.73 Å². The molecule has 2 atom stereocenters. The molecule has 0 radical (unpaired) electrons. The number of benzene rings is 1.